The highest BCUT2D eigenvalue weighted by molar-refractivity contribution is 5.93. The Labute approximate surface area is 114 Å². The Kier molecular flexibility index (Phi) is 3.81. The maximum atomic E-state index is 11.6. The lowest BCUT2D eigenvalue weighted by molar-refractivity contribution is 0.0953. The summed E-state index contributed by atoms with van der Waals surface area (Å²) in [5.74, 6) is 4.66. The molecule has 0 bridgehead atoms. The average molecular weight is 274 g/mol. The van der Waals surface area contributed by atoms with Crippen molar-refractivity contribution >= 4 is 5.91 Å². The normalized spacial score (nSPS) is 10.3. The number of carbonyl (C=O) groups excluding carboxylic acids is 1. The number of rotatable bonds is 3. The van der Waals surface area contributed by atoms with E-state index in [2.05, 4.69) is 4.98 Å². The third-order valence-electron chi connectivity index (χ3n) is 2.89. The maximum Gasteiger partial charge on any atom is 0.328 e. The number of aromatic amines is 1. The number of hydrazine groups is 1. The van der Waals surface area contributed by atoms with Gasteiger partial charge in [-0.2, -0.15) is 0 Å². The maximum absolute atomic E-state index is 11.6. The van der Waals surface area contributed by atoms with Crippen LogP contribution in [0.2, 0.25) is 0 Å². The van der Waals surface area contributed by atoms with Crippen molar-refractivity contribution in [1.82, 2.24) is 15.0 Å². The van der Waals surface area contributed by atoms with E-state index in [4.69, 9.17) is 5.84 Å². The molecule has 1 aromatic heterocycles. The molecule has 1 amide bonds. The SMILES string of the molecule is Cc1cn(Cc2ccc(C(=O)NN)cc2)c(=O)[nH]c1=O. The fourth-order valence-electron chi connectivity index (χ4n) is 1.78. The van der Waals surface area contributed by atoms with Crippen LogP contribution in [0.25, 0.3) is 0 Å². The van der Waals surface area contributed by atoms with Gasteiger partial charge in [0.05, 0.1) is 6.54 Å². The summed E-state index contributed by atoms with van der Waals surface area (Å²) in [6.45, 7) is 1.93. The lowest BCUT2D eigenvalue weighted by atomic mass is 10.1. The molecular formula is C13H14N4O3. The Morgan fingerprint density at radius 2 is 1.95 bits per heavy atom. The number of nitrogens with two attached hydrogens (primary N) is 1. The van der Waals surface area contributed by atoms with Gasteiger partial charge in [-0.05, 0) is 24.6 Å². The monoisotopic (exact) mass is 274 g/mol. The molecular weight excluding hydrogens is 260 g/mol. The van der Waals surface area contributed by atoms with Crippen LogP contribution < -0.4 is 22.5 Å². The van der Waals surface area contributed by atoms with Crippen LogP contribution >= 0.6 is 0 Å². The van der Waals surface area contributed by atoms with Gasteiger partial charge < -0.3 is 0 Å². The van der Waals surface area contributed by atoms with Gasteiger partial charge >= 0.3 is 5.69 Å². The first-order valence-electron chi connectivity index (χ1n) is 5.91. The molecule has 0 spiro atoms. The van der Waals surface area contributed by atoms with Crippen molar-refractivity contribution in [1.29, 1.82) is 0 Å². The van der Waals surface area contributed by atoms with Crippen LogP contribution in [0.3, 0.4) is 0 Å². The van der Waals surface area contributed by atoms with E-state index in [9.17, 15) is 14.4 Å². The molecule has 1 heterocycles. The molecule has 0 aliphatic carbocycles. The zero-order chi connectivity index (χ0) is 14.7. The number of nitrogen functional groups attached to an aromatic ring is 1. The van der Waals surface area contributed by atoms with E-state index >= 15 is 0 Å². The van der Waals surface area contributed by atoms with Crippen LogP contribution in [-0.4, -0.2) is 15.5 Å². The summed E-state index contributed by atoms with van der Waals surface area (Å²) < 4.78 is 1.40. The molecule has 20 heavy (non-hydrogen) atoms. The van der Waals surface area contributed by atoms with Crippen LogP contribution in [0.4, 0.5) is 0 Å². The molecule has 0 aliphatic rings. The predicted octanol–water partition coefficient (Wildman–Crippen LogP) is -0.503. The van der Waals surface area contributed by atoms with E-state index in [0.717, 1.165) is 5.56 Å². The van der Waals surface area contributed by atoms with Gasteiger partial charge in [0.2, 0.25) is 0 Å². The standard InChI is InChI=1S/C13H14N4O3/c1-8-6-17(13(20)15-11(8)18)7-9-2-4-10(5-3-9)12(19)16-14/h2-6H,7,14H2,1H3,(H,16,19)(H,15,18,20). The second-order valence-electron chi connectivity index (χ2n) is 4.37. The molecule has 7 heteroatoms. The lowest BCUT2D eigenvalue weighted by Crippen LogP contribution is -2.31. The minimum Gasteiger partial charge on any atom is -0.296 e. The van der Waals surface area contributed by atoms with Gasteiger partial charge in [0.1, 0.15) is 0 Å². The van der Waals surface area contributed by atoms with Crippen molar-refractivity contribution in [3.05, 3.63) is 68.0 Å². The van der Waals surface area contributed by atoms with Crippen molar-refractivity contribution in [3.8, 4) is 0 Å². The third-order valence-corrected chi connectivity index (χ3v) is 2.89. The lowest BCUT2D eigenvalue weighted by Gasteiger charge is -2.07. The first kappa shape index (κ1) is 13.8. The molecule has 2 aromatic rings. The molecule has 1 aromatic carbocycles. The first-order chi connectivity index (χ1) is 9.51. The topological polar surface area (TPSA) is 110 Å². The molecule has 0 radical (unpaired) electrons. The van der Waals surface area contributed by atoms with Crippen molar-refractivity contribution in [2.24, 2.45) is 5.84 Å². The van der Waals surface area contributed by atoms with E-state index in [1.165, 1.54) is 10.8 Å². The van der Waals surface area contributed by atoms with E-state index < -0.39 is 5.69 Å². The summed E-state index contributed by atoms with van der Waals surface area (Å²) in [5, 5.41) is 0. The fourth-order valence-corrected chi connectivity index (χ4v) is 1.78. The van der Waals surface area contributed by atoms with Crippen molar-refractivity contribution in [3.63, 3.8) is 0 Å². The van der Waals surface area contributed by atoms with Crippen LogP contribution in [0.1, 0.15) is 21.5 Å². The van der Waals surface area contributed by atoms with E-state index in [1.807, 2.05) is 5.43 Å². The van der Waals surface area contributed by atoms with Gasteiger partial charge in [-0.3, -0.25) is 24.6 Å². The number of nitrogens with zero attached hydrogens (tertiary/aromatic N) is 1. The second-order valence-corrected chi connectivity index (χ2v) is 4.37. The number of hydrogen-bond donors (Lipinski definition) is 3. The molecule has 0 saturated carbocycles. The van der Waals surface area contributed by atoms with E-state index in [-0.39, 0.29) is 11.5 Å². The largest absolute Gasteiger partial charge is 0.328 e. The highest BCUT2D eigenvalue weighted by atomic mass is 16.2. The van der Waals surface area contributed by atoms with Gasteiger partial charge in [0.25, 0.3) is 11.5 Å². The summed E-state index contributed by atoms with van der Waals surface area (Å²) in [4.78, 5) is 36.4. The van der Waals surface area contributed by atoms with Crippen molar-refractivity contribution in [2.75, 3.05) is 0 Å². The predicted molar refractivity (Wildman–Crippen MR) is 73.3 cm³/mol. The minimum absolute atomic E-state index is 0.307. The third kappa shape index (κ3) is 2.83. The number of hydrogen-bond acceptors (Lipinski definition) is 4. The number of amides is 1. The molecule has 7 nitrogen and oxygen atoms in total. The second kappa shape index (κ2) is 5.54. The molecule has 4 N–H and O–H groups in total. The Hall–Kier alpha value is -2.67. The number of aromatic nitrogens is 2. The number of carbonyl (C=O) groups is 1. The van der Waals surface area contributed by atoms with E-state index in [0.29, 0.717) is 17.7 Å². The summed E-state index contributed by atoms with van der Waals surface area (Å²) in [5.41, 5.74) is 2.90. The Bertz CT molecular complexity index is 743. The summed E-state index contributed by atoms with van der Waals surface area (Å²) in [6.07, 6.45) is 1.50. The quantitative estimate of drug-likeness (QED) is 0.398. The number of H-pyrrole nitrogens is 1. The molecule has 0 unspecified atom stereocenters. The smallest absolute Gasteiger partial charge is 0.296 e. The fraction of sp³-hybridized carbons (Fsp3) is 0.154. The number of aryl methyl sites for hydroxylation is 1. The zero-order valence-electron chi connectivity index (χ0n) is 10.8. The molecule has 0 aliphatic heterocycles. The first-order valence-corrected chi connectivity index (χ1v) is 5.91. The van der Waals surface area contributed by atoms with Gasteiger partial charge in [-0.25, -0.2) is 10.6 Å². The van der Waals surface area contributed by atoms with Gasteiger partial charge in [0, 0.05) is 17.3 Å². The van der Waals surface area contributed by atoms with Gasteiger partial charge in [0.15, 0.2) is 0 Å². The zero-order valence-corrected chi connectivity index (χ0v) is 10.8. The molecule has 0 atom stereocenters. The number of benzene rings is 1. The highest BCUT2D eigenvalue weighted by Crippen LogP contribution is 2.05. The summed E-state index contributed by atoms with van der Waals surface area (Å²) in [7, 11) is 0. The Morgan fingerprint density at radius 1 is 1.30 bits per heavy atom. The van der Waals surface area contributed by atoms with Crippen molar-refractivity contribution < 1.29 is 4.79 Å². The highest BCUT2D eigenvalue weighted by Gasteiger charge is 2.05. The number of nitrogens with one attached hydrogen (secondary N) is 2. The minimum atomic E-state index is -0.468. The summed E-state index contributed by atoms with van der Waals surface area (Å²) >= 11 is 0. The van der Waals surface area contributed by atoms with Crippen molar-refractivity contribution in [2.45, 2.75) is 13.5 Å². The van der Waals surface area contributed by atoms with Crippen LogP contribution in [0.15, 0.2) is 40.1 Å². The summed E-state index contributed by atoms with van der Waals surface area (Å²) in [6, 6.07) is 6.66. The molecule has 0 saturated heterocycles. The van der Waals surface area contributed by atoms with E-state index in [1.54, 1.807) is 31.2 Å². The average Bonchev–Trinajstić information content (AvgIpc) is 2.44. The molecule has 0 fully saturated rings. The van der Waals surface area contributed by atoms with Gasteiger partial charge in [-0.1, -0.05) is 12.1 Å². The van der Waals surface area contributed by atoms with Crippen LogP contribution in [0, 0.1) is 6.92 Å². The Morgan fingerprint density at radius 3 is 2.55 bits per heavy atom. The molecule has 104 valence electrons. The molecule has 2 rings (SSSR count). The Balaban J connectivity index is 2.27. The van der Waals surface area contributed by atoms with Crippen LogP contribution in [0.5, 0.6) is 0 Å². The van der Waals surface area contributed by atoms with Crippen LogP contribution in [-0.2, 0) is 6.54 Å². The van der Waals surface area contributed by atoms with Gasteiger partial charge in [-0.15, -0.1) is 0 Å².